The first-order valence-corrected chi connectivity index (χ1v) is 9.85. The van der Waals surface area contributed by atoms with E-state index in [1.807, 2.05) is 57.2 Å². The van der Waals surface area contributed by atoms with Crippen molar-refractivity contribution in [1.82, 2.24) is 0 Å². The van der Waals surface area contributed by atoms with Crippen LogP contribution >= 0.6 is 0 Å². The number of allylic oxidation sites excluding steroid dienone is 1. The first-order valence-electron chi connectivity index (χ1n) is 9.85. The van der Waals surface area contributed by atoms with Gasteiger partial charge in [-0.15, -0.1) is 0 Å². The molecule has 0 aromatic heterocycles. The molecule has 29 heavy (non-hydrogen) atoms. The van der Waals surface area contributed by atoms with Gasteiger partial charge in [0.15, 0.2) is 0 Å². The van der Waals surface area contributed by atoms with Crippen molar-refractivity contribution in [1.29, 1.82) is 0 Å². The fraction of sp³-hybridized carbons (Fsp3) is 0.375. The lowest BCUT2D eigenvalue weighted by Crippen LogP contribution is -2.10. The zero-order valence-electron chi connectivity index (χ0n) is 17.8. The third kappa shape index (κ3) is 8.00. The molecule has 0 saturated carbocycles. The van der Waals surface area contributed by atoms with Crippen LogP contribution in [-0.4, -0.2) is 39.8 Å². The molecule has 5 nitrogen and oxygen atoms in total. The van der Waals surface area contributed by atoms with Gasteiger partial charge in [0.1, 0.15) is 31.8 Å². The molecule has 0 aliphatic rings. The molecule has 0 unspecified atom stereocenters. The van der Waals surface area contributed by atoms with Crippen molar-refractivity contribution in [2.45, 2.75) is 27.2 Å². The molecule has 0 aliphatic heterocycles. The average Bonchev–Trinajstić information content (AvgIpc) is 2.71. The standard InChI is InChI=1S/C24H31NO4/c1-5-6-12-28-23-16-19(2)24(20(3)17-23)29-15-14-27-13-11-21-7-9-22(10-8-21)18-25-26-4/h5-10,16-18H,11-15H2,1-4H3/b6-5+,25-18?. The lowest BCUT2D eigenvalue weighted by molar-refractivity contribution is 0.102. The molecule has 2 rings (SSSR count). The first kappa shape index (κ1) is 22.5. The highest BCUT2D eigenvalue weighted by atomic mass is 16.6. The summed E-state index contributed by atoms with van der Waals surface area (Å²) in [5.41, 5.74) is 4.37. The molecule has 2 aromatic rings. The van der Waals surface area contributed by atoms with Crippen molar-refractivity contribution in [2.75, 3.05) is 33.5 Å². The summed E-state index contributed by atoms with van der Waals surface area (Å²) in [7, 11) is 1.53. The monoisotopic (exact) mass is 397 g/mol. The first-order chi connectivity index (χ1) is 14.1. The van der Waals surface area contributed by atoms with E-state index in [4.69, 9.17) is 14.2 Å². The summed E-state index contributed by atoms with van der Waals surface area (Å²) in [6.45, 7) is 8.36. The lowest BCUT2D eigenvalue weighted by Gasteiger charge is -2.14. The molecule has 0 N–H and O–H groups in total. The van der Waals surface area contributed by atoms with Crippen LogP contribution in [0.1, 0.15) is 29.2 Å². The third-order valence-corrected chi connectivity index (χ3v) is 4.31. The molecular formula is C24H31NO4. The molecule has 0 heterocycles. The van der Waals surface area contributed by atoms with Gasteiger partial charge in [-0.2, -0.15) is 0 Å². The van der Waals surface area contributed by atoms with E-state index in [1.165, 1.54) is 12.7 Å². The predicted octanol–water partition coefficient (Wildman–Crippen LogP) is 4.88. The number of rotatable bonds is 12. The van der Waals surface area contributed by atoms with Crippen molar-refractivity contribution in [3.05, 3.63) is 70.8 Å². The Balaban J connectivity index is 1.70. The Morgan fingerprint density at radius 1 is 0.931 bits per heavy atom. The van der Waals surface area contributed by atoms with Gasteiger partial charge in [0.25, 0.3) is 0 Å². The van der Waals surface area contributed by atoms with E-state index in [0.717, 1.165) is 34.6 Å². The van der Waals surface area contributed by atoms with E-state index in [-0.39, 0.29) is 0 Å². The molecule has 0 saturated heterocycles. The maximum Gasteiger partial charge on any atom is 0.125 e. The van der Waals surface area contributed by atoms with E-state index in [2.05, 4.69) is 22.1 Å². The van der Waals surface area contributed by atoms with Gasteiger partial charge in [-0.25, -0.2) is 0 Å². The Morgan fingerprint density at radius 2 is 1.66 bits per heavy atom. The van der Waals surface area contributed by atoms with Crippen molar-refractivity contribution >= 4 is 6.21 Å². The summed E-state index contributed by atoms with van der Waals surface area (Å²) in [4.78, 5) is 4.68. The fourth-order valence-electron chi connectivity index (χ4n) is 2.84. The third-order valence-electron chi connectivity index (χ3n) is 4.31. The molecule has 0 aliphatic carbocycles. The summed E-state index contributed by atoms with van der Waals surface area (Å²) in [5, 5.41) is 3.75. The van der Waals surface area contributed by atoms with Crippen molar-refractivity contribution in [3.63, 3.8) is 0 Å². The maximum atomic E-state index is 5.93. The highest BCUT2D eigenvalue weighted by molar-refractivity contribution is 5.79. The average molecular weight is 398 g/mol. The fourth-order valence-corrected chi connectivity index (χ4v) is 2.84. The minimum atomic E-state index is 0.521. The summed E-state index contributed by atoms with van der Waals surface area (Å²) >= 11 is 0. The SMILES string of the molecule is C/C=C/COc1cc(C)c(OCCOCCc2ccc(C=NOC)cc2)c(C)c1. The summed E-state index contributed by atoms with van der Waals surface area (Å²) < 4.78 is 17.4. The molecule has 0 fully saturated rings. The lowest BCUT2D eigenvalue weighted by atomic mass is 10.1. The van der Waals surface area contributed by atoms with Crippen LogP contribution in [0.25, 0.3) is 0 Å². The molecule has 0 bridgehead atoms. The molecule has 0 spiro atoms. The molecule has 0 amide bonds. The quantitative estimate of drug-likeness (QED) is 0.222. The number of hydrogen-bond donors (Lipinski definition) is 0. The van der Waals surface area contributed by atoms with Crippen LogP contribution < -0.4 is 9.47 Å². The number of benzene rings is 2. The maximum absolute atomic E-state index is 5.93. The van der Waals surface area contributed by atoms with Crippen LogP contribution in [0.3, 0.4) is 0 Å². The van der Waals surface area contributed by atoms with Gasteiger partial charge in [-0.1, -0.05) is 41.6 Å². The minimum absolute atomic E-state index is 0.521. The van der Waals surface area contributed by atoms with Gasteiger partial charge < -0.3 is 19.0 Å². The van der Waals surface area contributed by atoms with E-state index in [9.17, 15) is 0 Å². The summed E-state index contributed by atoms with van der Waals surface area (Å²) in [6.07, 6.45) is 6.50. The topological polar surface area (TPSA) is 49.3 Å². The van der Waals surface area contributed by atoms with Gasteiger partial charge >= 0.3 is 0 Å². The Morgan fingerprint density at radius 3 is 2.31 bits per heavy atom. The van der Waals surface area contributed by atoms with Gasteiger partial charge in [0.05, 0.1) is 19.4 Å². The van der Waals surface area contributed by atoms with Crippen LogP contribution in [0.4, 0.5) is 0 Å². The summed E-state index contributed by atoms with van der Waals surface area (Å²) in [5.74, 6) is 1.77. The number of hydrogen-bond acceptors (Lipinski definition) is 5. The van der Waals surface area contributed by atoms with Crippen LogP contribution in [-0.2, 0) is 16.0 Å². The van der Waals surface area contributed by atoms with Crippen molar-refractivity contribution < 1.29 is 19.0 Å². The number of nitrogens with zero attached hydrogens (tertiary/aromatic N) is 1. The predicted molar refractivity (Wildman–Crippen MR) is 117 cm³/mol. The number of aryl methyl sites for hydroxylation is 2. The Bertz CT molecular complexity index is 774. The highest BCUT2D eigenvalue weighted by Gasteiger charge is 2.07. The smallest absolute Gasteiger partial charge is 0.125 e. The molecule has 0 atom stereocenters. The van der Waals surface area contributed by atoms with Gasteiger partial charge in [0.2, 0.25) is 0 Å². The molecule has 0 radical (unpaired) electrons. The summed E-state index contributed by atoms with van der Waals surface area (Å²) in [6, 6.07) is 12.2. The van der Waals surface area contributed by atoms with E-state index in [1.54, 1.807) is 6.21 Å². The van der Waals surface area contributed by atoms with Crippen LogP contribution in [0.2, 0.25) is 0 Å². The van der Waals surface area contributed by atoms with Crippen LogP contribution in [0.15, 0.2) is 53.7 Å². The van der Waals surface area contributed by atoms with Crippen molar-refractivity contribution in [3.8, 4) is 11.5 Å². The minimum Gasteiger partial charge on any atom is -0.491 e. The molecule has 5 heteroatoms. The number of ether oxygens (including phenoxy) is 3. The molecular weight excluding hydrogens is 366 g/mol. The number of oxime groups is 1. The second-order valence-electron chi connectivity index (χ2n) is 6.64. The second kappa shape index (κ2) is 12.6. The largest absolute Gasteiger partial charge is 0.491 e. The second-order valence-corrected chi connectivity index (χ2v) is 6.64. The Kier molecular flexibility index (Phi) is 9.80. The van der Waals surface area contributed by atoms with Crippen LogP contribution in [0.5, 0.6) is 11.5 Å². The molecule has 156 valence electrons. The van der Waals surface area contributed by atoms with Gasteiger partial charge in [-0.05, 0) is 61.6 Å². The zero-order chi connectivity index (χ0) is 20.9. The zero-order valence-corrected chi connectivity index (χ0v) is 17.8. The van der Waals surface area contributed by atoms with E-state index < -0.39 is 0 Å². The van der Waals surface area contributed by atoms with E-state index >= 15 is 0 Å². The molecule has 2 aromatic carbocycles. The normalized spacial score (nSPS) is 11.3. The highest BCUT2D eigenvalue weighted by Crippen LogP contribution is 2.28. The van der Waals surface area contributed by atoms with Crippen LogP contribution in [0, 0.1) is 13.8 Å². The Labute approximate surface area is 173 Å². The Hall–Kier alpha value is -2.79. The van der Waals surface area contributed by atoms with Gasteiger partial charge in [0, 0.05) is 0 Å². The van der Waals surface area contributed by atoms with Crippen molar-refractivity contribution in [2.24, 2.45) is 5.16 Å². The van der Waals surface area contributed by atoms with E-state index in [0.29, 0.717) is 26.4 Å². The van der Waals surface area contributed by atoms with Gasteiger partial charge in [-0.3, -0.25) is 0 Å².